The molecule has 0 N–H and O–H groups in total. The molecule has 0 bridgehead atoms. The predicted molar refractivity (Wildman–Crippen MR) is 125 cm³/mol. The first-order valence-corrected chi connectivity index (χ1v) is 11.8. The monoisotopic (exact) mass is 462 g/mol. The van der Waals surface area contributed by atoms with Crippen LogP contribution in [0.5, 0.6) is 11.5 Å². The van der Waals surface area contributed by atoms with E-state index in [0.29, 0.717) is 43.4 Å². The number of hydrogen-bond donors (Lipinski definition) is 0. The smallest absolute Gasteiger partial charge is 0.410 e. The minimum Gasteiger partial charge on any atom is -0.493 e. The third-order valence-electron chi connectivity index (χ3n) is 5.78. The zero-order valence-corrected chi connectivity index (χ0v) is 20.6. The Morgan fingerprint density at radius 3 is 2.45 bits per heavy atom. The molecule has 184 valence electrons. The van der Waals surface area contributed by atoms with Gasteiger partial charge in [-0.1, -0.05) is 0 Å². The zero-order chi connectivity index (χ0) is 24.0. The molecule has 0 aromatic heterocycles. The van der Waals surface area contributed by atoms with Crippen molar-refractivity contribution in [1.82, 2.24) is 9.80 Å². The molecular weight excluding hydrogens is 424 g/mol. The lowest BCUT2D eigenvalue weighted by atomic mass is 10.0. The normalized spacial score (nSPS) is 18.6. The van der Waals surface area contributed by atoms with E-state index in [0.717, 1.165) is 32.1 Å². The van der Waals surface area contributed by atoms with Gasteiger partial charge in [0.25, 0.3) is 5.91 Å². The third-order valence-corrected chi connectivity index (χ3v) is 5.78. The van der Waals surface area contributed by atoms with E-state index in [2.05, 4.69) is 0 Å². The molecule has 0 radical (unpaired) electrons. The van der Waals surface area contributed by atoms with Crippen LogP contribution in [0.15, 0.2) is 18.2 Å². The quantitative estimate of drug-likeness (QED) is 0.514. The van der Waals surface area contributed by atoms with Gasteiger partial charge >= 0.3 is 6.09 Å². The molecule has 0 unspecified atom stereocenters. The lowest BCUT2D eigenvalue weighted by Crippen LogP contribution is -2.53. The highest BCUT2D eigenvalue weighted by Gasteiger charge is 2.40. The van der Waals surface area contributed by atoms with Gasteiger partial charge in [0.05, 0.1) is 19.8 Å². The molecule has 33 heavy (non-hydrogen) atoms. The van der Waals surface area contributed by atoms with Gasteiger partial charge in [-0.15, -0.1) is 0 Å². The first kappa shape index (κ1) is 25.1. The van der Waals surface area contributed by atoms with E-state index in [9.17, 15) is 9.59 Å². The van der Waals surface area contributed by atoms with Crippen LogP contribution >= 0.6 is 0 Å². The van der Waals surface area contributed by atoms with Crippen molar-refractivity contribution in [3.8, 4) is 11.5 Å². The van der Waals surface area contributed by atoms with Crippen molar-refractivity contribution in [3.63, 3.8) is 0 Å². The number of rotatable bonds is 9. The maximum absolute atomic E-state index is 13.6. The van der Waals surface area contributed by atoms with Gasteiger partial charge in [0.1, 0.15) is 5.60 Å². The van der Waals surface area contributed by atoms with E-state index >= 15 is 0 Å². The largest absolute Gasteiger partial charge is 0.493 e. The van der Waals surface area contributed by atoms with Gasteiger partial charge in [-0.3, -0.25) is 4.79 Å². The summed E-state index contributed by atoms with van der Waals surface area (Å²) in [6, 6.07) is 5.51. The molecule has 0 spiro atoms. The number of ether oxygens (including phenoxy) is 4. The van der Waals surface area contributed by atoms with E-state index in [4.69, 9.17) is 18.9 Å². The highest BCUT2D eigenvalue weighted by atomic mass is 16.6. The molecule has 3 rings (SSSR count). The van der Waals surface area contributed by atoms with Crippen molar-refractivity contribution < 1.29 is 28.5 Å². The summed E-state index contributed by atoms with van der Waals surface area (Å²) in [7, 11) is 3.24. The van der Waals surface area contributed by atoms with Crippen molar-refractivity contribution in [2.75, 3.05) is 40.5 Å². The first-order valence-electron chi connectivity index (χ1n) is 11.8. The van der Waals surface area contributed by atoms with Gasteiger partial charge < -0.3 is 28.7 Å². The van der Waals surface area contributed by atoms with Crippen LogP contribution in [-0.2, 0) is 9.47 Å². The van der Waals surface area contributed by atoms with E-state index in [1.165, 1.54) is 0 Å². The van der Waals surface area contributed by atoms with Crippen molar-refractivity contribution in [2.24, 2.45) is 0 Å². The Kier molecular flexibility index (Phi) is 8.46. The van der Waals surface area contributed by atoms with Crippen molar-refractivity contribution in [1.29, 1.82) is 0 Å². The number of amides is 2. The van der Waals surface area contributed by atoms with Crippen LogP contribution in [0.3, 0.4) is 0 Å². The summed E-state index contributed by atoms with van der Waals surface area (Å²) in [5.74, 6) is 1.11. The van der Waals surface area contributed by atoms with E-state index < -0.39 is 5.60 Å². The SMILES string of the molecule is COCCCOc1cc(C(=O)N(C2CC2)[C@@H]2CCCN(C(=O)OC(C)(C)C)C2)ccc1OC. The Morgan fingerprint density at radius 1 is 1.06 bits per heavy atom. The van der Waals surface area contributed by atoms with Crippen LogP contribution in [0.1, 0.15) is 63.2 Å². The fourth-order valence-electron chi connectivity index (χ4n) is 4.11. The minimum atomic E-state index is -0.543. The summed E-state index contributed by atoms with van der Waals surface area (Å²) >= 11 is 0. The molecule has 1 heterocycles. The first-order chi connectivity index (χ1) is 15.7. The summed E-state index contributed by atoms with van der Waals surface area (Å²) < 4.78 is 21.9. The second-order valence-corrected chi connectivity index (χ2v) is 9.73. The molecule has 2 aliphatic rings. The molecule has 8 heteroatoms. The van der Waals surface area contributed by atoms with Crippen LogP contribution in [0.4, 0.5) is 4.79 Å². The number of carbonyl (C=O) groups is 2. The minimum absolute atomic E-state index is 0.0283. The second-order valence-electron chi connectivity index (χ2n) is 9.73. The van der Waals surface area contributed by atoms with Gasteiger partial charge in [-0.25, -0.2) is 4.79 Å². The fraction of sp³-hybridized carbons (Fsp3) is 0.680. The van der Waals surface area contributed by atoms with Crippen molar-refractivity contribution in [2.45, 2.75) is 70.6 Å². The molecule has 2 amide bonds. The van der Waals surface area contributed by atoms with Crippen LogP contribution in [0.25, 0.3) is 0 Å². The maximum atomic E-state index is 13.6. The number of benzene rings is 1. The molecule has 1 atom stereocenters. The molecule has 1 saturated carbocycles. The van der Waals surface area contributed by atoms with Crippen molar-refractivity contribution in [3.05, 3.63) is 23.8 Å². The Balaban J connectivity index is 1.74. The number of piperidine rings is 1. The van der Waals surface area contributed by atoms with E-state index in [1.807, 2.05) is 25.7 Å². The summed E-state index contributed by atoms with van der Waals surface area (Å²) in [6.45, 7) is 7.82. The fourth-order valence-corrected chi connectivity index (χ4v) is 4.11. The summed E-state index contributed by atoms with van der Waals surface area (Å²) in [4.78, 5) is 30.0. The standard InChI is InChI=1S/C25H38N2O6/c1-25(2,3)33-24(29)26-13-6-8-20(17-26)27(19-10-11-19)23(28)18-9-12-21(31-5)22(16-18)32-15-7-14-30-4/h9,12,16,19-20H,6-8,10-11,13-15,17H2,1-5H3/t20-/m1/s1. The molecule has 2 fully saturated rings. The van der Waals surface area contributed by atoms with E-state index in [-0.39, 0.29) is 24.1 Å². The Labute approximate surface area is 197 Å². The Hall–Kier alpha value is -2.48. The van der Waals surface area contributed by atoms with E-state index in [1.54, 1.807) is 37.3 Å². The summed E-state index contributed by atoms with van der Waals surface area (Å²) in [6.07, 6.45) is 4.13. The lowest BCUT2D eigenvalue weighted by Gasteiger charge is -2.40. The second kappa shape index (κ2) is 11.1. The molecule has 8 nitrogen and oxygen atoms in total. The number of likely N-dealkylation sites (tertiary alicyclic amines) is 1. The number of nitrogens with zero attached hydrogens (tertiary/aromatic N) is 2. The van der Waals surface area contributed by atoms with Crippen molar-refractivity contribution >= 4 is 12.0 Å². The molecule has 1 aromatic rings. The van der Waals surface area contributed by atoms with Gasteiger partial charge in [0, 0.05) is 44.8 Å². The molecule has 1 saturated heterocycles. The number of methoxy groups -OCH3 is 2. The predicted octanol–water partition coefficient (Wildman–Crippen LogP) is 4.11. The topological polar surface area (TPSA) is 77.5 Å². The van der Waals surface area contributed by atoms with Gasteiger partial charge in [0.15, 0.2) is 11.5 Å². The molecule has 1 aromatic carbocycles. The average Bonchev–Trinajstić information content (AvgIpc) is 3.61. The van der Waals surface area contributed by atoms with Gasteiger partial charge in [-0.05, 0) is 64.7 Å². The highest BCUT2D eigenvalue weighted by molar-refractivity contribution is 5.95. The lowest BCUT2D eigenvalue weighted by molar-refractivity contribution is 0.00957. The van der Waals surface area contributed by atoms with Crippen LogP contribution < -0.4 is 9.47 Å². The molecular formula is C25H38N2O6. The Bertz CT molecular complexity index is 818. The number of hydrogen-bond acceptors (Lipinski definition) is 6. The highest BCUT2D eigenvalue weighted by Crippen LogP contribution is 2.35. The third kappa shape index (κ3) is 7.00. The zero-order valence-electron chi connectivity index (χ0n) is 20.6. The van der Waals surface area contributed by atoms with Crippen LogP contribution in [-0.4, -0.2) is 80.0 Å². The Morgan fingerprint density at radius 2 is 1.82 bits per heavy atom. The average molecular weight is 463 g/mol. The summed E-state index contributed by atoms with van der Waals surface area (Å²) in [5, 5.41) is 0. The summed E-state index contributed by atoms with van der Waals surface area (Å²) in [5.41, 5.74) is 0.0255. The maximum Gasteiger partial charge on any atom is 0.410 e. The molecule has 1 aliphatic heterocycles. The van der Waals surface area contributed by atoms with Crippen LogP contribution in [0.2, 0.25) is 0 Å². The molecule has 1 aliphatic carbocycles. The van der Waals surface area contributed by atoms with Gasteiger partial charge in [-0.2, -0.15) is 0 Å². The van der Waals surface area contributed by atoms with Gasteiger partial charge in [0.2, 0.25) is 0 Å². The van der Waals surface area contributed by atoms with Crippen LogP contribution in [0, 0.1) is 0 Å². The number of carbonyl (C=O) groups excluding carboxylic acids is 2.